The summed E-state index contributed by atoms with van der Waals surface area (Å²) in [6.07, 6.45) is 7.26. The minimum Gasteiger partial charge on any atom is -0.493 e. The highest BCUT2D eigenvalue weighted by atomic mass is 16.5. The van der Waals surface area contributed by atoms with Gasteiger partial charge in [0.05, 0.1) is 13.7 Å². The Morgan fingerprint density at radius 1 is 1.14 bits per heavy atom. The molecule has 1 heterocycles. The normalized spacial score (nSPS) is 10.6. The van der Waals surface area contributed by atoms with E-state index in [9.17, 15) is 0 Å². The molecule has 21 heavy (non-hydrogen) atoms. The second-order valence-corrected chi connectivity index (χ2v) is 4.96. The van der Waals surface area contributed by atoms with Crippen molar-refractivity contribution in [3.05, 3.63) is 30.6 Å². The summed E-state index contributed by atoms with van der Waals surface area (Å²) in [5.74, 6) is 2.51. The smallest absolute Gasteiger partial charge is 0.161 e. The Hall–Kier alpha value is -1.97. The van der Waals surface area contributed by atoms with Gasteiger partial charge in [0.25, 0.3) is 0 Å². The maximum Gasteiger partial charge on any atom is 0.161 e. The summed E-state index contributed by atoms with van der Waals surface area (Å²) >= 11 is 0. The third-order valence-electron chi connectivity index (χ3n) is 3.48. The summed E-state index contributed by atoms with van der Waals surface area (Å²) < 4.78 is 13.4. The van der Waals surface area contributed by atoms with E-state index in [-0.39, 0.29) is 0 Å². The Morgan fingerprint density at radius 2 is 2.00 bits per heavy atom. The fourth-order valence-corrected chi connectivity index (χ4v) is 2.28. The first-order valence-corrected chi connectivity index (χ1v) is 7.62. The van der Waals surface area contributed by atoms with Crippen LogP contribution in [0.25, 0.3) is 11.4 Å². The number of imidazole rings is 1. The summed E-state index contributed by atoms with van der Waals surface area (Å²) in [4.78, 5) is 4.42. The zero-order chi connectivity index (χ0) is 15.1. The first-order valence-electron chi connectivity index (χ1n) is 7.62. The van der Waals surface area contributed by atoms with Crippen LogP contribution in [0.15, 0.2) is 30.6 Å². The molecule has 0 aliphatic rings. The van der Waals surface area contributed by atoms with E-state index >= 15 is 0 Å². The second kappa shape index (κ2) is 7.72. The van der Waals surface area contributed by atoms with Crippen molar-refractivity contribution in [2.45, 2.75) is 39.7 Å². The second-order valence-electron chi connectivity index (χ2n) is 4.96. The molecular formula is C17H24N2O2. The molecule has 2 aromatic rings. The Labute approximate surface area is 126 Å². The van der Waals surface area contributed by atoms with Gasteiger partial charge in [-0.05, 0) is 31.5 Å². The summed E-state index contributed by atoms with van der Waals surface area (Å²) in [5, 5.41) is 0. The summed E-state index contributed by atoms with van der Waals surface area (Å²) in [7, 11) is 1.67. The fourth-order valence-electron chi connectivity index (χ4n) is 2.28. The molecule has 0 N–H and O–H groups in total. The van der Waals surface area contributed by atoms with Gasteiger partial charge in [-0.3, -0.25) is 0 Å². The predicted octanol–water partition coefficient (Wildman–Crippen LogP) is 4.15. The zero-order valence-electron chi connectivity index (χ0n) is 13.1. The van der Waals surface area contributed by atoms with E-state index in [2.05, 4.69) is 23.4 Å². The third-order valence-corrected chi connectivity index (χ3v) is 3.48. The van der Waals surface area contributed by atoms with Crippen LogP contribution in [0.5, 0.6) is 11.5 Å². The number of hydrogen-bond donors (Lipinski definition) is 0. The van der Waals surface area contributed by atoms with Crippen LogP contribution in [0.3, 0.4) is 0 Å². The highest BCUT2D eigenvalue weighted by Gasteiger charge is 2.10. The number of hydrogen-bond acceptors (Lipinski definition) is 3. The number of methoxy groups -OCH3 is 1. The van der Waals surface area contributed by atoms with E-state index in [4.69, 9.17) is 9.47 Å². The van der Waals surface area contributed by atoms with Crippen LogP contribution in [0.2, 0.25) is 0 Å². The van der Waals surface area contributed by atoms with Crippen LogP contribution in [0.1, 0.15) is 33.1 Å². The summed E-state index contributed by atoms with van der Waals surface area (Å²) in [6, 6.07) is 5.99. The van der Waals surface area contributed by atoms with Gasteiger partial charge < -0.3 is 14.0 Å². The van der Waals surface area contributed by atoms with Gasteiger partial charge >= 0.3 is 0 Å². The Bertz CT molecular complexity index is 564. The van der Waals surface area contributed by atoms with Crippen LogP contribution in [-0.2, 0) is 6.54 Å². The van der Waals surface area contributed by atoms with Crippen LogP contribution in [0.4, 0.5) is 0 Å². The van der Waals surface area contributed by atoms with Crippen LogP contribution in [-0.4, -0.2) is 23.3 Å². The fraction of sp³-hybridized carbons (Fsp3) is 0.471. The molecule has 114 valence electrons. The molecule has 0 unspecified atom stereocenters. The number of unbranched alkanes of at least 4 members (excludes halogenated alkanes) is 2. The molecule has 0 fully saturated rings. The molecule has 0 amide bonds. The number of aryl methyl sites for hydroxylation is 1. The highest BCUT2D eigenvalue weighted by molar-refractivity contribution is 5.61. The average molecular weight is 288 g/mol. The molecule has 4 nitrogen and oxygen atoms in total. The van der Waals surface area contributed by atoms with Crippen molar-refractivity contribution in [3.63, 3.8) is 0 Å². The standard InChI is InChI=1S/C17H24N2O2/c1-4-6-7-12-21-15-9-8-14(13-16(15)20-3)17-18-10-11-19(17)5-2/h8-11,13H,4-7,12H2,1-3H3. The van der Waals surface area contributed by atoms with Gasteiger partial charge in [-0.25, -0.2) is 4.98 Å². The number of aromatic nitrogens is 2. The number of benzene rings is 1. The molecular weight excluding hydrogens is 264 g/mol. The van der Waals surface area contributed by atoms with Crippen molar-refractivity contribution in [2.75, 3.05) is 13.7 Å². The molecule has 0 spiro atoms. The molecule has 0 atom stereocenters. The number of nitrogens with zero attached hydrogens (tertiary/aromatic N) is 2. The van der Waals surface area contributed by atoms with Gasteiger partial charge in [0.15, 0.2) is 11.5 Å². The van der Waals surface area contributed by atoms with Crippen LogP contribution in [0, 0.1) is 0 Å². The van der Waals surface area contributed by atoms with E-state index in [0.29, 0.717) is 0 Å². The highest BCUT2D eigenvalue weighted by Crippen LogP contribution is 2.32. The molecule has 0 saturated heterocycles. The van der Waals surface area contributed by atoms with Gasteiger partial charge in [-0.2, -0.15) is 0 Å². The van der Waals surface area contributed by atoms with Crippen molar-refractivity contribution in [2.24, 2.45) is 0 Å². The van der Waals surface area contributed by atoms with Crippen molar-refractivity contribution in [3.8, 4) is 22.9 Å². The lowest BCUT2D eigenvalue weighted by molar-refractivity contribution is 0.286. The molecule has 0 saturated carbocycles. The average Bonchev–Trinajstić information content (AvgIpc) is 3.00. The minimum atomic E-state index is 0.729. The van der Waals surface area contributed by atoms with Crippen molar-refractivity contribution < 1.29 is 9.47 Å². The molecule has 1 aromatic heterocycles. The summed E-state index contributed by atoms with van der Waals surface area (Å²) in [6.45, 7) is 5.92. The van der Waals surface area contributed by atoms with Gasteiger partial charge in [0.2, 0.25) is 0 Å². The molecule has 2 rings (SSSR count). The Morgan fingerprint density at radius 3 is 2.71 bits per heavy atom. The van der Waals surface area contributed by atoms with Gasteiger partial charge in [-0.15, -0.1) is 0 Å². The van der Waals surface area contributed by atoms with E-state index in [1.54, 1.807) is 7.11 Å². The first-order chi connectivity index (χ1) is 10.3. The van der Waals surface area contributed by atoms with Gasteiger partial charge in [-0.1, -0.05) is 19.8 Å². The zero-order valence-corrected chi connectivity index (χ0v) is 13.1. The molecule has 0 aliphatic heterocycles. The number of rotatable bonds is 8. The maximum absolute atomic E-state index is 5.81. The quantitative estimate of drug-likeness (QED) is 0.685. The van der Waals surface area contributed by atoms with Gasteiger partial charge in [0, 0.05) is 24.5 Å². The van der Waals surface area contributed by atoms with Crippen molar-refractivity contribution in [1.82, 2.24) is 9.55 Å². The van der Waals surface area contributed by atoms with E-state index in [1.165, 1.54) is 12.8 Å². The first kappa shape index (κ1) is 15.4. The molecule has 4 heteroatoms. The SMILES string of the molecule is CCCCCOc1ccc(-c2nccn2CC)cc1OC. The van der Waals surface area contributed by atoms with E-state index < -0.39 is 0 Å². The molecule has 0 aliphatic carbocycles. The van der Waals surface area contributed by atoms with E-state index in [1.807, 2.05) is 30.6 Å². The summed E-state index contributed by atoms with van der Waals surface area (Å²) in [5.41, 5.74) is 1.04. The largest absolute Gasteiger partial charge is 0.493 e. The van der Waals surface area contributed by atoms with Crippen LogP contribution < -0.4 is 9.47 Å². The topological polar surface area (TPSA) is 36.3 Å². The Kier molecular flexibility index (Phi) is 5.67. The lowest BCUT2D eigenvalue weighted by Crippen LogP contribution is -2.00. The maximum atomic E-state index is 5.81. The van der Waals surface area contributed by atoms with Crippen LogP contribution >= 0.6 is 0 Å². The van der Waals surface area contributed by atoms with Gasteiger partial charge in [0.1, 0.15) is 5.82 Å². The molecule has 0 radical (unpaired) electrons. The van der Waals surface area contributed by atoms with E-state index in [0.717, 1.165) is 42.5 Å². The number of ether oxygens (including phenoxy) is 2. The third kappa shape index (κ3) is 3.78. The van der Waals surface area contributed by atoms with Crippen molar-refractivity contribution >= 4 is 0 Å². The van der Waals surface area contributed by atoms with Crippen molar-refractivity contribution in [1.29, 1.82) is 0 Å². The Balaban J connectivity index is 2.16. The monoisotopic (exact) mass is 288 g/mol. The minimum absolute atomic E-state index is 0.729. The predicted molar refractivity (Wildman–Crippen MR) is 84.9 cm³/mol. The lowest BCUT2D eigenvalue weighted by atomic mass is 10.2. The molecule has 0 bridgehead atoms. The lowest BCUT2D eigenvalue weighted by Gasteiger charge is -2.12. The molecule has 1 aromatic carbocycles.